The highest BCUT2D eigenvalue weighted by molar-refractivity contribution is 6.07. The Labute approximate surface area is 159 Å². The van der Waals surface area contributed by atoms with Crippen molar-refractivity contribution in [1.29, 1.82) is 0 Å². The molecule has 0 spiro atoms. The Kier molecular flexibility index (Phi) is 4.25. The van der Waals surface area contributed by atoms with Gasteiger partial charge in [0, 0.05) is 23.2 Å². The molecule has 140 valence electrons. The number of aryl methyl sites for hydroxylation is 5. The summed E-state index contributed by atoms with van der Waals surface area (Å²) in [5.41, 5.74) is 6.70. The number of pyridine rings is 1. The molecule has 0 N–H and O–H groups in total. The fourth-order valence-corrected chi connectivity index (χ4v) is 4.42. The summed E-state index contributed by atoms with van der Waals surface area (Å²) in [6.07, 6.45) is 1.93. The monoisotopic (exact) mass is 363 g/mol. The van der Waals surface area contributed by atoms with Crippen molar-refractivity contribution in [3.05, 3.63) is 57.6 Å². The van der Waals surface area contributed by atoms with Gasteiger partial charge in [-0.3, -0.25) is 9.78 Å². The van der Waals surface area contributed by atoms with E-state index < -0.39 is 0 Å². The molecule has 1 saturated heterocycles. The van der Waals surface area contributed by atoms with Crippen molar-refractivity contribution in [3.8, 4) is 0 Å². The average molecular weight is 363 g/mol. The number of benzene rings is 1. The van der Waals surface area contributed by atoms with Crippen LogP contribution < -0.4 is 0 Å². The molecule has 0 radical (unpaired) electrons. The number of hydrogen-bond donors (Lipinski definition) is 0. The highest BCUT2D eigenvalue weighted by Gasteiger charge is 2.35. The summed E-state index contributed by atoms with van der Waals surface area (Å²) in [6.45, 7) is 10.7. The van der Waals surface area contributed by atoms with Crippen molar-refractivity contribution in [3.63, 3.8) is 0 Å². The van der Waals surface area contributed by atoms with Crippen LogP contribution in [0.1, 0.15) is 63.1 Å². The summed E-state index contributed by atoms with van der Waals surface area (Å²) in [7, 11) is 0. The number of carbonyl (C=O) groups is 1. The lowest BCUT2D eigenvalue weighted by Crippen LogP contribution is -2.31. The second kappa shape index (κ2) is 6.48. The molecule has 4 rings (SSSR count). The van der Waals surface area contributed by atoms with Crippen molar-refractivity contribution in [2.45, 2.75) is 53.5 Å². The first-order chi connectivity index (χ1) is 12.9. The van der Waals surface area contributed by atoms with Crippen molar-refractivity contribution < 1.29 is 9.32 Å². The van der Waals surface area contributed by atoms with Crippen LogP contribution in [-0.2, 0) is 0 Å². The molecule has 0 bridgehead atoms. The standard InChI is InChI=1S/C22H25N3O2/c1-12-9-13(2)21-17(10-12)18(11-14(3)23-21)22(26)25-8-6-7-19(25)20-15(4)24-27-16(20)5/h9-11,19H,6-8H2,1-5H3. The van der Waals surface area contributed by atoms with Crippen molar-refractivity contribution in [1.82, 2.24) is 15.0 Å². The Hall–Kier alpha value is -2.69. The van der Waals surface area contributed by atoms with Crippen LogP contribution in [0, 0.1) is 34.6 Å². The second-order valence-corrected chi connectivity index (χ2v) is 7.68. The molecule has 1 atom stereocenters. The van der Waals surface area contributed by atoms with Crippen LogP contribution in [0.3, 0.4) is 0 Å². The van der Waals surface area contributed by atoms with E-state index in [1.807, 2.05) is 31.7 Å². The molecule has 1 aromatic carbocycles. The van der Waals surface area contributed by atoms with Gasteiger partial charge < -0.3 is 9.42 Å². The maximum atomic E-state index is 13.6. The van der Waals surface area contributed by atoms with Crippen LogP contribution in [0.2, 0.25) is 0 Å². The zero-order valence-corrected chi connectivity index (χ0v) is 16.6. The van der Waals surface area contributed by atoms with Gasteiger partial charge in [0.25, 0.3) is 5.91 Å². The summed E-state index contributed by atoms with van der Waals surface area (Å²) in [5.74, 6) is 0.873. The summed E-state index contributed by atoms with van der Waals surface area (Å²) in [5, 5.41) is 5.03. The summed E-state index contributed by atoms with van der Waals surface area (Å²) in [4.78, 5) is 20.3. The lowest BCUT2D eigenvalue weighted by atomic mass is 9.99. The van der Waals surface area contributed by atoms with Gasteiger partial charge in [-0.2, -0.15) is 0 Å². The van der Waals surface area contributed by atoms with Gasteiger partial charge in [-0.25, -0.2) is 0 Å². The fourth-order valence-electron chi connectivity index (χ4n) is 4.42. The summed E-state index contributed by atoms with van der Waals surface area (Å²) < 4.78 is 5.36. The van der Waals surface area contributed by atoms with E-state index in [9.17, 15) is 4.79 Å². The van der Waals surface area contributed by atoms with E-state index in [1.54, 1.807) is 0 Å². The minimum Gasteiger partial charge on any atom is -0.361 e. The molecule has 2 aromatic heterocycles. The molecule has 1 amide bonds. The predicted octanol–water partition coefficient (Wildman–Crippen LogP) is 4.74. The van der Waals surface area contributed by atoms with Gasteiger partial charge >= 0.3 is 0 Å². The Balaban J connectivity index is 1.83. The lowest BCUT2D eigenvalue weighted by Gasteiger charge is -2.25. The van der Waals surface area contributed by atoms with Gasteiger partial charge in [-0.1, -0.05) is 16.8 Å². The molecule has 5 nitrogen and oxygen atoms in total. The first-order valence-electron chi connectivity index (χ1n) is 9.49. The van der Waals surface area contributed by atoms with Crippen LogP contribution in [0.15, 0.2) is 22.7 Å². The van der Waals surface area contributed by atoms with Crippen LogP contribution in [0.5, 0.6) is 0 Å². The van der Waals surface area contributed by atoms with Gasteiger partial charge in [0.15, 0.2) is 0 Å². The molecule has 1 aliphatic heterocycles. The van der Waals surface area contributed by atoms with Crippen LogP contribution >= 0.6 is 0 Å². The molecular weight excluding hydrogens is 338 g/mol. The van der Waals surface area contributed by atoms with E-state index in [2.05, 4.69) is 36.1 Å². The number of carbonyl (C=O) groups excluding carboxylic acids is 1. The molecular formula is C22H25N3O2. The van der Waals surface area contributed by atoms with Gasteiger partial charge in [0.1, 0.15) is 5.76 Å². The number of nitrogens with zero attached hydrogens (tertiary/aromatic N) is 3. The van der Waals surface area contributed by atoms with Crippen molar-refractivity contribution in [2.24, 2.45) is 0 Å². The molecule has 1 unspecified atom stereocenters. The number of aromatic nitrogens is 2. The van der Waals surface area contributed by atoms with E-state index in [-0.39, 0.29) is 11.9 Å². The Morgan fingerprint density at radius 1 is 1.15 bits per heavy atom. The minimum atomic E-state index is 0.0261. The Morgan fingerprint density at radius 2 is 1.93 bits per heavy atom. The minimum absolute atomic E-state index is 0.0261. The third kappa shape index (κ3) is 2.91. The topological polar surface area (TPSA) is 59.2 Å². The normalized spacial score (nSPS) is 17.1. The molecule has 0 saturated carbocycles. The van der Waals surface area contributed by atoms with Gasteiger partial charge in [0.05, 0.1) is 22.8 Å². The van der Waals surface area contributed by atoms with E-state index >= 15 is 0 Å². The first-order valence-corrected chi connectivity index (χ1v) is 9.49. The highest BCUT2D eigenvalue weighted by atomic mass is 16.5. The summed E-state index contributed by atoms with van der Waals surface area (Å²) in [6, 6.07) is 6.14. The largest absolute Gasteiger partial charge is 0.361 e. The number of amides is 1. The SMILES string of the molecule is Cc1cc(C)c2nc(C)cc(C(=O)N3CCCC3c3c(C)noc3C)c2c1. The Morgan fingerprint density at radius 3 is 2.63 bits per heavy atom. The second-order valence-electron chi connectivity index (χ2n) is 7.68. The van der Waals surface area contributed by atoms with Crippen LogP contribution in [-0.4, -0.2) is 27.5 Å². The third-order valence-corrected chi connectivity index (χ3v) is 5.54. The maximum Gasteiger partial charge on any atom is 0.255 e. The van der Waals surface area contributed by atoms with E-state index in [4.69, 9.17) is 4.52 Å². The lowest BCUT2D eigenvalue weighted by molar-refractivity contribution is 0.0736. The number of hydrogen-bond acceptors (Lipinski definition) is 4. The van der Waals surface area contributed by atoms with Gasteiger partial charge in [-0.05, 0) is 65.2 Å². The van der Waals surface area contributed by atoms with Gasteiger partial charge in [-0.15, -0.1) is 0 Å². The molecule has 3 aromatic rings. The third-order valence-electron chi connectivity index (χ3n) is 5.54. The first kappa shape index (κ1) is 17.7. The average Bonchev–Trinajstić information content (AvgIpc) is 3.20. The fraction of sp³-hybridized carbons (Fsp3) is 0.409. The number of rotatable bonds is 2. The highest BCUT2D eigenvalue weighted by Crippen LogP contribution is 2.37. The number of likely N-dealkylation sites (tertiary alicyclic amines) is 1. The summed E-state index contributed by atoms with van der Waals surface area (Å²) >= 11 is 0. The smallest absolute Gasteiger partial charge is 0.255 e. The quantitative estimate of drug-likeness (QED) is 0.660. The molecule has 1 aliphatic rings. The maximum absolute atomic E-state index is 13.6. The predicted molar refractivity (Wildman–Crippen MR) is 105 cm³/mol. The van der Waals surface area contributed by atoms with E-state index in [0.717, 1.165) is 69.7 Å². The molecule has 27 heavy (non-hydrogen) atoms. The molecule has 5 heteroatoms. The number of fused-ring (bicyclic) bond motifs is 1. The van der Waals surface area contributed by atoms with Crippen molar-refractivity contribution in [2.75, 3.05) is 6.54 Å². The van der Waals surface area contributed by atoms with Crippen LogP contribution in [0.4, 0.5) is 0 Å². The van der Waals surface area contributed by atoms with E-state index in [1.165, 1.54) is 0 Å². The molecule has 1 fully saturated rings. The zero-order chi connectivity index (χ0) is 19.3. The van der Waals surface area contributed by atoms with Gasteiger partial charge in [0.2, 0.25) is 0 Å². The Bertz CT molecular complexity index is 1030. The molecule has 0 aliphatic carbocycles. The van der Waals surface area contributed by atoms with Crippen LogP contribution in [0.25, 0.3) is 10.9 Å². The van der Waals surface area contributed by atoms with E-state index in [0.29, 0.717) is 0 Å². The van der Waals surface area contributed by atoms with Crippen molar-refractivity contribution >= 4 is 16.8 Å². The molecule has 3 heterocycles. The zero-order valence-electron chi connectivity index (χ0n) is 16.6.